The minimum atomic E-state index is -2.37. The number of ether oxygens (including phenoxy) is 1. The molecule has 0 unspecified atom stereocenters. The van der Waals surface area contributed by atoms with Crippen molar-refractivity contribution in [1.82, 2.24) is 19.9 Å². The molecule has 4 aromatic rings. The Morgan fingerprint density at radius 3 is 2.77 bits per heavy atom. The maximum absolute atomic E-state index is 16.8. The zero-order chi connectivity index (χ0) is 31.2. The first kappa shape index (κ1) is 24.4. The Kier molecular flexibility index (Phi) is 5.50. The molecule has 2 bridgehead atoms. The van der Waals surface area contributed by atoms with Gasteiger partial charge in [-0.1, -0.05) is 12.0 Å². The molecule has 10 heteroatoms. The molecule has 2 aromatic carbocycles. The van der Waals surface area contributed by atoms with Crippen LogP contribution in [0.2, 0.25) is 0 Å². The molecule has 9 rings (SSSR count). The minimum Gasteiger partial charge on any atom is -0.508 e. The third-order valence-electron chi connectivity index (χ3n) is 9.62. The fourth-order valence-electron chi connectivity index (χ4n) is 7.69. The number of piperidine rings is 2. The van der Waals surface area contributed by atoms with Crippen LogP contribution in [0.5, 0.6) is 11.8 Å². The number of nitrogens with zero attached hydrogens (tertiary/aromatic N) is 5. The highest BCUT2D eigenvalue weighted by Crippen LogP contribution is 2.44. The molecule has 6 heterocycles. The number of phenols is 1. The van der Waals surface area contributed by atoms with Crippen LogP contribution in [0.25, 0.3) is 32.9 Å². The van der Waals surface area contributed by atoms with Gasteiger partial charge in [0.1, 0.15) is 41.3 Å². The zero-order valence-electron chi connectivity index (χ0n) is 25.3. The van der Waals surface area contributed by atoms with E-state index < -0.39 is 29.9 Å². The Labute approximate surface area is 249 Å². The van der Waals surface area contributed by atoms with Gasteiger partial charge in [0.15, 0.2) is 5.82 Å². The van der Waals surface area contributed by atoms with Gasteiger partial charge in [0.25, 0.3) is 0 Å². The van der Waals surface area contributed by atoms with Gasteiger partial charge >= 0.3 is 6.01 Å². The van der Waals surface area contributed by atoms with E-state index in [1.54, 1.807) is 4.90 Å². The number of halogens is 3. The van der Waals surface area contributed by atoms with E-state index in [0.717, 1.165) is 12.8 Å². The fraction of sp³-hybridized carbons (Fsp3) is 0.424. The van der Waals surface area contributed by atoms with Gasteiger partial charge in [-0.05, 0) is 67.6 Å². The van der Waals surface area contributed by atoms with E-state index in [1.165, 1.54) is 30.5 Å². The SMILES string of the molecule is [2H]C([2H])(Oc1nc(N2CC3CC(C3)C2)c2cnc(-c3cc(O)cc4ccc(F)c(C#C)c34)c(F)c2n1)[C@@]12CCCN1C[C@H](F)C2. The van der Waals surface area contributed by atoms with Crippen LogP contribution in [0.3, 0.4) is 0 Å². The first-order chi connectivity index (χ1) is 21.6. The first-order valence-corrected chi connectivity index (χ1v) is 14.7. The Morgan fingerprint density at radius 2 is 1.98 bits per heavy atom. The Morgan fingerprint density at radius 1 is 1.16 bits per heavy atom. The summed E-state index contributed by atoms with van der Waals surface area (Å²) in [5.41, 5.74) is -1.59. The van der Waals surface area contributed by atoms with Gasteiger partial charge in [-0.25, -0.2) is 13.2 Å². The number of rotatable bonds is 5. The van der Waals surface area contributed by atoms with Crippen LogP contribution in [0, 0.1) is 35.8 Å². The molecule has 5 fully saturated rings. The zero-order valence-corrected chi connectivity index (χ0v) is 23.3. The number of phenolic OH excluding ortho intramolecular Hbond substituents is 1. The van der Waals surface area contributed by atoms with E-state index in [2.05, 4.69) is 20.9 Å². The van der Waals surface area contributed by atoms with Crippen molar-refractivity contribution in [2.45, 2.75) is 43.8 Å². The summed E-state index contributed by atoms with van der Waals surface area (Å²) in [7, 11) is 0. The summed E-state index contributed by atoms with van der Waals surface area (Å²) in [6, 6.07) is 4.95. The summed E-state index contributed by atoms with van der Waals surface area (Å²) in [6.07, 6.45) is 9.24. The molecule has 4 aliphatic heterocycles. The van der Waals surface area contributed by atoms with Gasteiger partial charge in [-0.15, -0.1) is 6.42 Å². The smallest absolute Gasteiger partial charge is 0.319 e. The molecule has 0 spiro atoms. The number of aromatic hydroxyl groups is 1. The molecule has 5 aliphatic rings. The van der Waals surface area contributed by atoms with E-state index in [0.29, 0.717) is 60.9 Å². The van der Waals surface area contributed by atoms with E-state index in [-0.39, 0.29) is 52.4 Å². The quantitative estimate of drug-likeness (QED) is 0.304. The van der Waals surface area contributed by atoms with Crippen molar-refractivity contribution in [1.29, 1.82) is 0 Å². The number of benzene rings is 2. The molecule has 0 amide bonds. The lowest BCUT2D eigenvalue weighted by atomic mass is 9.71. The normalized spacial score (nSPS) is 27.5. The third kappa shape index (κ3) is 4.20. The largest absolute Gasteiger partial charge is 0.508 e. The molecule has 43 heavy (non-hydrogen) atoms. The molecule has 1 N–H and O–H groups in total. The molecule has 2 aromatic heterocycles. The maximum atomic E-state index is 16.8. The number of aromatic nitrogens is 3. The predicted molar refractivity (Wildman–Crippen MR) is 157 cm³/mol. The van der Waals surface area contributed by atoms with Gasteiger partial charge in [-0.3, -0.25) is 9.88 Å². The minimum absolute atomic E-state index is 0.0169. The topological polar surface area (TPSA) is 74.6 Å². The first-order valence-electron chi connectivity index (χ1n) is 15.7. The number of terminal acetylenes is 1. The van der Waals surface area contributed by atoms with E-state index >= 15 is 4.39 Å². The number of hydrogen-bond acceptors (Lipinski definition) is 7. The summed E-state index contributed by atoms with van der Waals surface area (Å²) in [4.78, 5) is 17.3. The Balaban J connectivity index is 1.31. The van der Waals surface area contributed by atoms with Gasteiger partial charge < -0.3 is 14.7 Å². The molecule has 220 valence electrons. The van der Waals surface area contributed by atoms with Crippen LogP contribution in [0.15, 0.2) is 30.5 Å². The molecular weight excluding hydrogens is 555 g/mol. The van der Waals surface area contributed by atoms with Crippen molar-refractivity contribution < 1.29 is 25.8 Å². The van der Waals surface area contributed by atoms with Gasteiger partial charge in [0, 0.05) is 43.2 Å². The number of anilines is 1. The van der Waals surface area contributed by atoms with E-state index in [4.69, 9.17) is 13.9 Å². The molecule has 4 saturated heterocycles. The average molecular weight is 588 g/mol. The molecule has 1 aliphatic carbocycles. The van der Waals surface area contributed by atoms with Crippen LogP contribution in [-0.2, 0) is 0 Å². The second-order valence-corrected chi connectivity index (χ2v) is 12.4. The highest BCUT2D eigenvalue weighted by molar-refractivity contribution is 6.03. The van der Waals surface area contributed by atoms with Crippen molar-refractivity contribution in [2.75, 3.05) is 37.6 Å². The van der Waals surface area contributed by atoms with Crippen LogP contribution in [-0.4, -0.2) is 69.4 Å². The summed E-state index contributed by atoms with van der Waals surface area (Å²) in [5.74, 6) is 1.92. The lowest BCUT2D eigenvalue weighted by molar-refractivity contribution is 0.107. The van der Waals surface area contributed by atoms with Crippen LogP contribution in [0.4, 0.5) is 19.0 Å². The highest BCUT2D eigenvalue weighted by atomic mass is 19.1. The van der Waals surface area contributed by atoms with Gasteiger partial charge in [0.05, 0.1) is 19.2 Å². The van der Waals surface area contributed by atoms with Crippen molar-refractivity contribution in [3.8, 4) is 35.4 Å². The third-order valence-corrected chi connectivity index (χ3v) is 9.62. The lowest BCUT2D eigenvalue weighted by Gasteiger charge is -2.47. The highest BCUT2D eigenvalue weighted by Gasteiger charge is 2.49. The number of hydrogen-bond donors (Lipinski definition) is 1. The second-order valence-electron chi connectivity index (χ2n) is 12.4. The van der Waals surface area contributed by atoms with E-state index in [9.17, 15) is 13.9 Å². The van der Waals surface area contributed by atoms with Crippen LogP contribution < -0.4 is 9.64 Å². The van der Waals surface area contributed by atoms with Gasteiger partial charge in [-0.2, -0.15) is 9.97 Å². The monoisotopic (exact) mass is 587 g/mol. The standard InChI is InChI=1S/C33H30F3N5O2/c1-2-23-26(35)5-4-20-10-22(42)11-24(27(20)23)29-28(36)30-25(13-37-29)31(40-14-18-8-19(9-18)15-40)39-32(38-30)43-17-33-6-3-7-41(33)16-21(34)12-33/h1,4-5,10-11,13,18-19,21,42H,3,6-9,12,14-17H2/t18?,19?,21-,33+/m1/s1/i17D2. The molecule has 2 atom stereocenters. The lowest BCUT2D eigenvalue weighted by Crippen LogP contribution is -2.49. The molecule has 0 radical (unpaired) electrons. The fourth-order valence-corrected chi connectivity index (χ4v) is 7.69. The number of fused-ring (bicyclic) bond motifs is 5. The predicted octanol–water partition coefficient (Wildman–Crippen LogP) is 5.61. The summed E-state index contributed by atoms with van der Waals surface area (Å²) in [6.45, 7) is -0.286. The summed E-state index contributed by atoms with van der Waals surface area (Å²) in [5, 5.41) is 11.4. The average Bonchev–Trinajstić information content (AvgIpc) is 3.54. The number of alkyl halides is 1. The van der Waals surface area contributed by atoms with Crippen LogP contribution in [0.1, 0.15) is 40.4 Å². The van der Waals surface area contributed by atoms with E-state index in [1.807, 2.05) is 4.90 Å². The Hall–Kier alpha value is -4.10. The summed E-state index contributed by atoms with van der Waals surface area (Å²) >= 11 is 0. The van der Waals surface area contributed by atoms with Crippen molar-refractivity contribution >= 4 is 27.5 Å². The molecular formula is C33H30F3N5O2. The van der Waals surface area contributed by atoms with Crippen molar-refractivity contribution in [2.24, 2.45) is 11.8 Å². The summed E-state index contributed by atoms with van der Waals surface area (Å²) < 4.78 is 70.1. The van der Waals surface area contributed by atoms with Crippen molar-refractivity contribution in [3.63, 3.8) is 0 Å². The van der Waals surface area contributed by atoms with Crippen LogP contribution >= 0.6 is 0 Å². The molecule has 1 saturated carbocycles. The Bertz CT molecular complexity index is 1920. The number of pyridine rings is 1. The maximum Gasteiger partial charge on any atom is 0.319 e. The molecule has 7 nitrogen and oxygen atoms in total. The second kappa shape index (κ2) is 9.71. The van der Waals surface area contributed by atoms with Gasteiger partial charge in [0.2, 0.25) is 0 Å². The van der Waals surface area contributed by atoms with Crippen molar-refractivity contribution in [3.05, 3.63) is 47.7 Å².